The van der Waals surface area contributed by atoms with Crippen LogP contribution in [-0.4, -0.2) is 55.3 Å². The highest BCUT2D eigenvalue weighted by molar-refractivity contribution is 5.26. The summed E-state index contributed by atoms with van der Waals surface area (Å²) in [4.78, 5) is 0. The zero-order valence-electron chi connectivity index (χ0n) is 13.9. The number of benzene rings is 1. The van der Waals surface area contributed by atoms with Gasteiger partial charge in [-0.1, -0.05) is 17.7 Å². The second-order valence-corrected chi connectivity index (χ2v) is 6.58. The van der Waals surface area contributed by atoms with E-state index in [1.165, 1.54) is 12.7 Å². The maximum atomic E-state index is 10.7. The van der Waals surface area contributed by atoms with Crippen LogP contribution in [0.5, 0.6) is 5.75 Å². The van der Waals surface area contributed by atoms with Crippen molar-refractivity contribution in [2.75, 3.05) is 20.3 Å². The highest BCUT2D eigenvalue weighted by atomic mass is 16.8. The predicted octanol–water partition coefficient (Wildman–Crippen LogP) is 1.63. The summed E-state index contributed by atoms with van der Waals surface area (Å²) in [5, 5.41) is 10.7. The largest absolute Gasteiger partial charge is 0.491 e. The van der Waals surface area contributed by atoms with Crippen molar-refractivity contribution in [3.05, 3.63) is 29.8 Å². The highest BCUT2D eigenvalue weighted by Crippen LogP contribution is 2.43. The monoisotopic (exact) mass is 324 g/mol. The third-order valence-corrected chi connectivity index (χ3v) is 4.08. The number of hydrogen-bond donors (Lipinski definition) is 1. The van der Waals surface area contributed by atoms with Gasteiger partial charge in [-0.3, -0.25) is 0 Å². The van der Waals surface area contributed by atoms with Gasteiger partial charge in [-0.2, -0.15) is 0 Å². The van der Waals surface area contributed by atoms with E-state index in [9.17, 15) is 5.11 Å². The van der Waals surface area contributed by atoms with Gasteiger partial charge < -0.3 is 28.8 Å². The van der Waals surface area contributed by atoms with Gasteiger partial charge in [0.15, 0.2) is 5.79 Å². The molecule has 2 heterocycles. The van der Waals surface area contributed by atoms with Crippen LogP contribution in [0.1, 0.15) is 19.4 Å². The number of rotatable bonds is 5. The second-order valence-electron chi connectivity index (χ2n) is 6.58. The van der Waals surface area contributed by atoms with Gasteiger partial charge in [-0.25, -0.2) is 0 Å². The normalized spacial score (nSPS) is 35.3. The van der Waals surface area contributed by atoms with E-state index in [2.05, 4.69) is 0 Å². The summed E-state index contributed by atoms with van der Waals surface area (Å²) in [6.45, 7) is 5.92. The lowest BCUT2D eigenvalue weighted by Crippen LogP contribution is -2.46. The minimum atomic E-state index is -1.53. The van der Waals surface area contributed by atoms with Gasteiger partial charge in [-0.15, -0.1) is 0 Å². The lowest BCUT2D eigenvalue weighted by Gasteiger charge is -2.29. The van der Waals surface area contributed by atoms with Crippen LogP contribution in [0.4, 0.5) is 0 Å². The molecule has 1 unspecified atom stereocenters. The van der Waals surface area contributed by atoms with Gasteiger partial charge >= 0.3 is 0 Å². The molecule has 0 bridgehead atoms. The highest BCUT2D eigenvalue weighted by Gasteiger charge is 2.62. The van der Waals surface area contributed by atoms with E-state index >= 15 is 0 Å². The molecule has 2 saturated heterocycles. The van der Waals surface area contributed by atoms with Gasteiger partial charge in [0.05, 0.1) is 0 Å². The lowest BCUT2D eigenvalue weighted by molar-refractivity contribution is -0.288. The van der Waals surface area contributed by atoms with E-state index < -0.39 is 29.9 Å². The van der Waals surface area contributed by atoms with Crippen LogP contribution < -0.4 is 4.74 Å². The van der Waals surface area contributed by atoms with Crippen LogP contribution in [-0.2, 0) is 18.9 Å². The molecule has 2 aliphatic heterocycles. The molecule has 2 fully saturated rings. The van der Waals surface area contributed by atoms with Gasteiger partial charge in [0.1, 0.15) is 37.3 Å². The fourth-order valence-electron chi connectivity index (χ4n) is 3.07. The molecule has 1 aromatic rings. The Morgan fingerprint density at radius 2 is 1.83 bits per heavy atom. The smallest absolute Gasteiger partial charge is 0.219 e. The zero-order chi connectivity index (χ0) is 16.7. The molecular weight excluding hydrogens is 300 g/mol. The molecule has 0 spiro atoms. The summed E-state index contributed by atoms with van der Waals surface area (Å²) >= 11 is 0. The quantitative estimate of drug-likeness (QED) is 0.888. The van der Waals surface area contributed by atoms with Crippen molar-refractivity contribution in [1.82, 2.24) is 0 Å². The molecule has 3 rings (SSSR count). The molecule has 6 heteroatoms. The average molecular weight is 324 g/mol. The van der Waals surface area contributed by atoms with Crippen molar-refractivity contribution in [2.45, 2.75) is 50.7 Å². The fraction of sp³-hybridized carbons (Fsp3) is 0.647. The second kappa shape index (κ2) is 6.03. The van der Waals surface area contributed by atoms with E-state index in [1.807, 2.05) is 45.0 Å². The van der Waals surface area contributed by atoms with Gasteiger partial charge in [0, 0.05) is 7.11 Å². The minimum Gasteiger partial charge on any atom is -0.491 e. The van der Waals surface area contributed by atoms with Crippen molar-refractivity contribution in [3.63, 3.8) is 0 Å². The summed E-state index contributed by atoms with van der Waals surface area (Å²) in [5.74, 6) is -1.56. The van der Waals surface area contributed by atoms with Crippen LogP contribution >= 0.6 is 0 Å². The van der Waals surface area contributed by atoms with Crippen molar-refractivity contribution in [3.8, 4) is 5.75 Å². The summed E-state index contributed by atoms with van der Waals surface area (Å²) in [6.07, 6.45) is -1.46. The van der Waals surface area contributed by atoms with E-state index in [0.29, 0.717) is 0 Å². The predicted molar refractivity (Wildman–Crippen MR) is 82.2 cm³/mol. The first-order valence-electron chi connectivity index (χ1n) is 7.77. The van der Waals surface area contributed by atoms with Crippen LogP contribution in [0.3, 0.4) is 0 Å². The minimum absolute atomic E-state index is 0.00857. The van der Waals surface area contributed by atoms with Gasteiger partial charge in [0.2, 0.25) is 5.79 Å². The average Bonchev–Trinajstić information content (AvgIpc) is 2.92. The number of aryl methyl sites for hydroxylation is 1. The summed E-state index contributed by atoms with van der Waals surface area (Å²) in [6, 6.07) is 7.76. The molecule has 4 atom stereocenters. The van der Waals surface area contributed by atoms with Gasteiger partial charge in [0.25, 0.3) is 0 Å². The first-order chi connectivity index (χ1) is 10.8. The zero-order valence-corrected chi connectivity index (χ0v) is 13.9. The van der Waals surface area contributed by atoms with E-state index in [4.69, 9.17) is 23.7 Å². The molecule has 1 aromatic carbocycles. The molecule has 1 N–H and O–H groups in total. The molecule has 128 valence electrons. The molecule has 0 radical (unpaired) electrons. The first-order valence-corrected chi connectivity index (χ1v) is 7.77. The van der Waals surface area contributed by atoms with E-state index in [-0.39, 0.29) is 13.2 Å². The van der Waals surface area contributed by atoms with Gasteiger partial charge in [-0.05, 0) is 32.9 Å². The molecule has 0 aliphatic carbocycles. The Morgan fingerprint density at radius 1 is 1.13 bits per heavy atom. The molecule has 23 heavy (non-hydrogen) atoms. The first kappa shape index (κ1) is 16.7. The van der Waals surface area contributed by atoms with Crippen LogP contribution in [0.2, 0.25) is 0 Å². The Labute approximate surface area is 136 Å². The maximum Gasteiger partial charge on any atom is 0.219 e. The molecule has 6 nitrogen and oxygen atoms in total. The number of aliphatic hydroxyl groups is 1. The fourth-order valence-corrected chi connectivity index (χ4v) is 3.07. The van der Waals surface area contributed by atoms with Crippen molar-refractivity contribution >= 4 is 0 Å². The Morgan fingerprint density at radius 3 is 2.48 bits per heavy atom. The molecule has 0 amide bonds. The lowest BCUT2D eigenvalue weighted by atomic mass is 10.1. The summed E-state index contributed by atoms with van der Waals surface area (Å²) < 4.78 is 28.3. The number of methoxy groups -OCH3 is 1. The Hall–Kier alpha value is -1.18. The Kier molecular flexibility index (Phi) is 4.37. The van der Waals surface area contributed by atoms with E-state index in [1.54, 1.807) is 0 Å². The van der Waals surface area contributed by atoms with Crippen LogP contribution in [0, 0.1) is 6.92 Å². The molecule has 2 aliphatic rings. The maximum absolute atomic E-state index is 10.7. The van der Waals surface area contributed by atoms with Crippen molar-refractivity contribution < 1.29 is 28.8 Å². The SMILES string of the molecule is COCC1(O)O[C@H](COc2ccc(C)cc2)[C@H]2OC(C)(C)O[C@H]21. The molecular formula is C17H24O6. The summed E-state index contributed by atoms with van der Waals surface area (Å²) in [5.41, 5.74) is 1.17. The van der Waals surface area contributed by atoms with Crippen molar-refractivity contribution in [2.24, 2.45) is 0 Å². The molecule has 0 saturated carbocycles. The molecule has 0 aromatic heterocycles. The van der Waals surface area contributed by atoms with Crippen LogP contribution in [0.25, 0.3) is 0 Å². The number of ether oxygens (including phenoxy) is 5. The van der Waals surface area contributed by atoms with Crippen molar-refractivity contribution in [1.29, 1.82) is 0 Å². The Bertz CT molecular complexity index is 543. The van der Waals surface area contributed by atoms with Crippen LogP contribution in [0.15, 0.2) is 24.3 Å². The standard InChI is InChI=1S/C17H24O6/c1-11-5-7-12(8-6-11)20-9-13-14-15(23-16(2,3)22-14)17(18,21-13)10-19-4/h5-8,13-15,18H,9-10H2,1-4H3/t13-,14-,15-,17?/m1/s1. The van der Waals surface area contributed by atoms with E-state index in [0.717, 1.165) is 5.75 Å². The Balaban J connectivity index is 1.70. The number of fused-ring (bicyclic) bond motifs is 1. The topological polar surface area (TPSA) is 66.4 Å². The third-order valence-electron chi connectivity index (χ3n) is 4.08. The number of hydrogen-bond acceptors (Lipinski definition) is 6. The summed E-state index contributed by atoms with van der Waals surface area (Å²) in [7, 11) is 1.51. The third kappa shape index (κ3) is 3.36.